The first kappa shape index (κ1) is 19.0. The van der Waals surface area contributed by atoms with Gasteiger partial charge in [0, 0.05) is 12.0 Å². The van der Waals surface area contributed by atoms with Gasteiger partial charge in [-0.3, -0.25) is 4.79 Å². The first-order valence-electron chi connectivity index (χ1n) is 8.32. The van der Waals surface area contributed by atoms with Crippen LogP contribution in [-0.2, 0) is 4.79 Å². The molecule has 142 valence electrons. The van der Waals surface area contributed by atoms with Crippen LogP contribution >= 0.6 is 35.0 Å². The molecule has 1 aromatic heterocycles. The Morgan fingerprint density at radius 1 is 1.21 bits per heavy atom. The van der Waals surface area contributed by atoms with Gasteiger partial charge in [-0.15, -0.1) is 0 Å². The van der Waals surface area contributed by atoms with Crippen molar-refractivity contribution >= 4 is 46.6 Å². The largest absolute Gasteiger partial charge is 0.854 e. The Morgan fingerprint density at radius 3 is 2.68 bits per heavy atom. The number of anilines is 1. The third kappa shape index (κ3) is 2.90. The van der Waals surface area contributed by atoms with Crippen LogP contribution in [0.25, 0.3) is 11.3 Å². The lowest BCUT2D eigenvalue weighted by Crippen LogP contribution is -2.58. The molecule has 3 aromatic rings. The Hall–Kier alpha value is -2.35. The van der Waals surface area contributed by atoms with Gasteiger partial charge in [-0.25, -0.2) is 9.88 Å². The van der Waals surface area contributed by atoms with E-state index in [2.05, 4.69) is 10.1 Å². The predicted octanol–water partition coefficient (Wildman–Crippen LogP) is 3.45. The molecule has 0 N–H and O–H groups in total. The number of thioether (sulfide) groups is 1. The highest BCUT2D eigenvalue weighted by Crippen LogP contribution is 2.42. The summed E-state index contributed by atoms with van der Waals surface area (Å²) in [5.41, 5.74) is 2.04. The molecule has 1 aliphatic heterocycles. The monoisotopic (exact) mass is 432 g/mol. The normalized spacial score (nSPS) is 15.1. The molecule has 0 radical (unpaired) electrons. The Balaban J connectivity index is 2.12. The molecular formula is C19H14Cl2N4O2S. The average molecular weight is 433 g/mol. The fraction of sp³-hybridized carbons (Fsp3) is 0.158. The maximum Gasteiger partial charge on any atom is 0.294 e. The van der Waals surface area contributed by atoms with Crippen molar-refractivity contribution in [2.75, 3.05) is 11.2 Å². The van der Waals surface area contributed by atoms with Crippen molar-refractivity contribution in [1.29, 1.82) is 0 Å². The summed E-state index contributed by atoms with van der Waals surface area (Å²) in [6.07, 6.45) is 1.01. The van der Waals surface area contributed by atoms with Crippen molar-refractivity contribution < 1.29 is 14.6 Å². The molecule has 2 heterocycles. The number of rotatable bonds is 2. The second-order valence-electron chi connectivity index (χ2n) is 6.12. The van der Waals surface area contributed by atoms with E-state index in [4.69, 9.17) is 23.2 Å². The molecule has 9 heteroatoms. The van der Waals surface area contributed by atoms with Gasteiger partial charge in [0.25, 0.3) is 17.0 Å². The van der Waals surface area contributed by atoms with Crippen LogP contribution in [0.2, 0.25) is 10.0 Å². The molecule has 0 spiro atoms. The second kappa shape index (κ2) is 7.24. The minimum atomic E-state index is -0.768. The molecule has 1 atom stereocenters. The molecule has 1 aliphatic rings. The standard InChI is InChI=1S/C19H14Cl2N4O2S/c1-10(26)24-14-9-4-3-6-11(14)16-17(27)22-19(28-2)23-25(16)18(24)12-7-5-8-13(20)15(12)21/h3-9,18H,1-2H3. The van der Waals surface area contributed by atoms with Crippen LogP contribution in [-0.4, -0.2) is 22.2 Å². The van der Waals surface area contributed by atoms with E-state index in [1.54, 1.807) is 47.6 Å². The van der Waals surface area contributed by atoms with Gasteiger partial charge in [-0.2, -0.15) is 0 Å². The molecule has 1 amide bonds. The molecule has 6 nitrogen and oxygen atoms in total. The summed E-state index contributed by atoms with van der Waals surface area (Å²) in [6, 6.07) is 12.4. The van der Waals surface area contributed by atoms with E-state index in [9.17, 15) is 9.90 Å². The van der Waals surface area contributed by atoms with Crippen molar-refractivity contribution in [3.05, 3.63) is 58.1 Å². The van der Waals surface area contributed by atoms with Gasteiger partial charge >= 0.3 is 0 Å². The smallest absolute Gasteiger partial charge is 0.294 e. The lowest BCUT2D eigenvalue weighted by Gasteiger charge is -2.33. The third-order valence-corrected chi connectivity index (χ3v) is 5.87. The zero-order valence-electron chi connectivity index (χ0n) is 14.9. The van der Waals surface area contributed by atoms with Gasteiger partial charge < -0.3 is 5.11 Å². The lowest BCUT2D eigenvalue weighted by molar-refractivity contribution is -0.764. The summed E-state index contributed by atoms with van der Waals surface area (Å²) < 4.78 is 1.52. The number of halogens is 2. The second-order valence-corrected chi connectivity index (χ2v) is 7.68. The number of carbonyl (C=O) groups is 1. The SMILES string of the molecule is CSc1nc([O-])c2[n+](n1)C(c1cccc(Cl)c1Cl)N(C(C)=O)c1ccccc1-2. The zero-order valence-corrected chi connectivity index (χ0v) is 17.2. The molecule has 0 bridgehead atoms. The topological polar surface area (TPSA) is 73.0 Å². The van der Waals surface area contributed by atoms with Crippen LogP contribution in [0.5, 0.6) is 5.88 Å². The summed E-state index contributed by atoms with van der Waals surface area (Å²) in [5, 5.41) is 18.3. The van der Waals surface area contributed by atoms with Gasteiger partial charge in [0.2, 0.25) is 5.91 Å². The number of carbonyl (C=O) groups excluding carboxylic acids is 1. The Labute approximate surface area is 175 Å². The van der Waals surface area contributed by atoms with Gasteiger partial charge in [0.1, 0.15) is 0 Å². The number of fused-ring (bicyclic) bond motifs is 3. The molecule has 1 unspecified atom stereocenters. The predicted molar refractivity (Wildman–Crippen MR) is 107 cm³/mol. The molecular weight excluding hydrogens is 419 g/mol. The highest BCUT2D eigenvalue weighted by Gasteiger charge is 2.44. The minimum absolute atomic E-state index is 0.219. The summed E-state index contributed by atoms with van der Waals surface area (Å²) in [5.74, 6) is -0.637. The van der Waals surface area contributed by atoms with Crippen molar-refractivity contribution in [2.24, 2.45) is 0 Å². The Kier molecular flexibility index (Phi) is 4.91. The van der Waals surface area contributed by atoms with E-state index in [0.717, 1.165) is 0 Å². The minimum Gasteiger partial charge on any atom is -0.854 e. The highest BCUT2D eigenvalue weighted by atomic mass is 35.5. The van der Waals surface area contributed by atoms with Crippen LogP contribution in [0.3, 0.4) is 0 Å². The van der Waals surface area contributed by atoms with Crippen molar-refractivity contribution in [3.63, 3.8) is 0 Å². The zero-order chi connectivity index (χ0) is 20.0. The fourth-order valence-electron chi connectivity index (χ4n) is 3.36. The number of amides is 1. The number of hydrogen-bond acceptors (Lipinski definition) is 5. The maximum absolute atomic E-state index is 12.9. The van der Waals surface area contributed by atoms with E-state index in [0.29, 0.717) is 37.7 Å². The third-order valence-electron chi connectivity index (χ3n) is 4.50. The molecule has 0 saturated heterocycles. The molecule has 28 heavy (non-hydrogen) atoms. The van der Waals surface area contributed by atoms with Crippen LogP contribution in [0.15, 0.2) is 47.6 Å². The van der Waals surface area contributed by atoms with Crippen LogP contribution in [0, 0.1) is 0 Å². The van der Waals surface area contributed by atoms with Crippen LogP contribution in [0.1, 0.15) is 18.7 Å². The number of hydrogen-bond donors (Lipinski definition) is 0. The Morgan fingerprint density at radius 2 is 1.96 bits per heavy atom. The average Bonchev–Trinajstić information content (AvgIpc) is 2.68. The molecule has 2 aromatic carbocycles. The van der Waals surface area contributed by atoms with Gasteiger partial charge in [-0.1, -0.05) is 57.8 Å². The van der Waals surface area contributed by atoms with E-state index >= 15 is 0 Å². The number of nitrogens with zero attached hydrogens (tertiary/aromatic N) is 4. The fourth-order valence-corrected chi connectivity index (χ4v) is 4.11. The summed E-state index contributed by atoms with van der Waals surface area (Å²) >= 11 is 14.0. The van der Waals surface area contributed by atoms with E-state index < -0.39 is 12.0 Å². The first-order valence-corrected chi connectivity index (χ1v) is 10.3. The maximum atomic E-state index is 12.9. The number of benzene rings is 2. The highest BCUT2D eigenvalue weighted by molar-refractivity contribution is 7.98. The van der Waals surface area contributed by atoms with Gasteiger partial charge in [0.05, 0.1) is 32.7 Å². The van der Waals surface area contributed by atoms with Crippen LogP contribution in [0.4, 0.5) is 5.69 Å². The van der Waals surface area contributed by atoms with Gasteiger partial charge in [0.15, 0.2) is 0 Å². The Bertz CT molecular complexity index is 1110. The van der Waals surface area contributed by atoms with E-state index in [1.165, 1.54) is 23.4 Å². The molecule has 0 aliphatic carbocycles. The van der Waals surface area contributed by atoms with Crippen molar-refractivity contribution in [3.8, 4) is 17.1 Å². The first-order chi connectivity index (χ1) is 13.4. The van der Waals surface area contributed by atoms with Gasteiger partial charge in [-0.05, 0) is 30.5 Å². The number of aromatic nitrogens is 3. The molecule has 0 fully saturated rings. The summed E-state index contributed by atoms with van der Waals surface area (Å²) in [6.45, 7) is 1.46. The lowest BCUT2D eigenvalue weighted by atomic mass is 10.0. The number of para-hydroxylation sites is 1. The van der Waals surface area contributed by atoms with Crippen molar-refractivity contribution in [2.45, 2.75) is 18.2 Å². The van der Waals surface area contributed by atoms with E-state index in [-0.39, 0.29) is 5.91 Å². The van der Waals surface area contributed by atoms with Crippen molar-refractivity contribution in [1.82, 2.24) is 10.1 Å². The summed E-state index contributed by atoms with van der Waals surface area (Å²) in [4.78, 5) is 18.3. The molecule has 0 saturated carbocycles. The van der Waals surface area contributed by atoms with Crippen LogP contribution < -0.4 is 14.7 Å². The quantitative estimate of drug-likeness (QED) is 0.457. The summed E-state index contributed by atoms with van der Waals surface area (Å²) in [7, 11) is 0. The van der Waals surface area contributed by atoms with E-state index in [1.807, 2.05) is 6.07 Å². The molecule has 4 rings (SSSR count).